The molecule has 0 fully saturated rings. The molecule has 1 atom stereocenters. The van der Waals surface area contributed by atoms with Crippen molar-refractivity contribution in [2.75, 3.05) is 6.54 Å². The molecular weight excluding hydrogens is 294 g/mol. The van der Waals surface area contributed by atoms with E-state index in [1.807, 2.05) is 30.3 Å². The smallest absolute Gasteiger partial charge is 0.257 e. The molecule has 5 nitrogen and oxygen atoms in total. The summed E-state index contributed by atoms with van der Waals surface area (Å²) in [5.41, 5.74) is 1.43. The van der Waals surface area contributed by atoms with E-state index in [4.69, 9.17) is 8.83 Å². The Morgan fingerprint density at radius 2 is 1.91 bits per heavy atom. The molecule has 0 saturated heterocycles. The predicted molar refractivity (Wildman–Crippen MR) is 83.6 cm³/mol. The van der Waals surface area contributed by atoms with Crippen LogP contribution in [-0.2, 0) is 6.54 Å². The maximum absolute atomic E-state index is 12.6. The summed E-state index contributed by atoms with van der Waals surface area (Å²) < 4.78 is 10.2. The van der Waals surface area contributed by atoms with E-state index in [0.29, 0.717) is 17.9 Å². The minimum absolute atomic E-state index is 0.131. The van der Waals surface area contributed by atoms with Gasteiger partial charge in [-0.3, -0.25) is 4.79 Å². The summed E-state index contributed by atoms with van der Waals surface area (Å²) in [6.07, 6.45) is 3.47. The minimum atomic E-state index is -0.885. The number of rotatable bonds is 6. The first-order valence-corrected chi connectivity index (χ1v) is 7.31. The Labute approximate surface area is 133 Å². The van der Waals surface area contributed by atoms with Gasteiger partial charge in [0, 0.05) is 6.54 Å². The van der Waals surface area contributed by atoms with Gasteiger partial charge in [0.25, 0.3) is 5.91 Å². The molecule has 0 aliphatic heterocycles. The number of furan rings is 2. The van der Waals surface area contributed by atoms with Gasteiger partial charge in [0.2, 0.25) is 0 Å². The second-order valence-corrected chi connectivity index (χ2v) is 5.21. The van der Waals surface area contributed by atoms with Crippen molar-refractivity contribution >= 4 is 5.91 Å². The summed E-state index contributed by atoms with van der Waals surface area (Å²) in [6.45, 7) is 0.523. The monoisotopic (exact) mass is 311 g/mol. The molecule has 3 rings (SSSR count). The van der Waals surface area contributed by atoms with Crippen LogP contribution in [0.4, 0.5) is 0 Å². The molecule has 0 spiro atoms. The van der Waals surface area contributed by atoms with E-state index in [0.717, 1.165) is 5.56 Å². The third-order valence-corrected chi connectivity index (χ3v) is 3.54. The number of aliphatic hydroxyl groups excluding tert-OH is 1. The van der Waals surface area contributed by atoms with E-state index < -0.39 is 6.10 Å². The number of benzene rings is 1. The number of amides is 1. The molecule has 0 saturated carbocycles. The summed E-state index contributed by atoms with van der Waals surface area (Å²) in [7, 11) is 0. The lowest BCUT2D eigenvalue weighted by Crippen LogP contribution is -2.34. The average Bonchev–Trinajstić information content (AvgIpc) is 3.27. The normalized spacial score (nSPS) is 12.0. The molecule has 0 radical (unpaired) electrons. The van der Waals surface area contributed by atoms with Gasteiger partial charge in [-0.15, -0.1) is 0 Å². The first-order valence-electron chi connectivity index (χ1n) is 7.31. The second-order valence-electron chi connectivity index (χ2n) is 5.21. The molecule has 1 N–H and O–H groups in total. The maximum Gasteiger partial charge on any atom is 0.257 e. The van der Waals surface area contributed by atoms with Gasteiger partial charge in [-0.1, -0.05) is 30.3 Å². The SMILES string of the molecule is O=C(c1ccoc1)N(Cc1ccccc1)CC(O)c1ccco1. The molecule has 2 aromatic heterocycles. The number of carbonyl (C=O) groups is 1. The Morgan fingerprint density at radius 1 is 1.09 bits per heavy atom. The standard InChI is InChI=1S/C18H17NO4/c20-16(17-7-4-9-23-17)12-19(11-14-5-2-1-3-6-14)18(21)15-8-10-22-13-15/h1-10,13,16,20H,11-12H2. The van der Waals surface area contributed by atoms with Gasteiger partial charge in [-0.2, -0.15) is 0 Å². The number of hydrogen-bond donors (Lipinski definition) is 1. The number of hydrogen-bond acceptors (Lipinski definition) is 4. The molecule has 1 aromatic carbocycles. The van der Waals surface area contributed by atoms with Crippen LogP contribution in [0.2, 0.25) is 0 Å². The Balaban J connectivity index is 1.79. The van der Waals surface area contributed by atoms with Crippen LogP contribution in [0, 0.1) is 0 Å². The van der Waals surface area contributed by atoms with Crippen LogP contribution in [0.3, 0.4) is 0 Å². The highest BCUT2D eigenvalue weighted by atomic mass is 16.4. The predicted octanol–water partition coefficient (Wildman–Crippen LogP) is 3.25. The first-order chi connectivity index (χ1) is 11.2. The molecule has 0 aliphatic carbocycles. The molecule has 118 valence electrons. The van der Waals surface area contributed by atoms with Crippen LogP contribution in [0.1, 0.15) is 27.8 Å². The third kappa shape index (κ3) is 3.70. The summed E-state index contributed by atoms with van der Waals surface area (Å²) >= 11 is 0. The summed E-state index contributed by atoms with van der Waals surface area (Å²) in [5.74, 6) is 0.233. The van der Waals surface area contributed by atoms with Gasteiger partial charge < -0.3 is 18.8 Å². The molecule has 23 heavy (non-hydrogen) atoms. The molecule has 1 amide bonds. The van der Waals surface area contributed by atoms with E-state index >= 15 is 0 Å². The minimum Gasteiger partial charge on any atom is -0.472 e. The molecule has 2 heterocycles. The fourth-order valence-corrected chi connectivity index (χ4v) is 2.37. The lowest BCUT2D eigenvalue weighted by atomic mass is 10.1. The molecule has 1 unspecified atom stereocenters. The van der Waals surface area contributed by atoms with Crippen molar-refractivity contribution in [1.82, 2.24) is 4.90 Å². The first kappa shape index (κ1) is 15.1. The fraction of sp³-hybridized carbons (Fsp3) is 0.167. The van der Waals surface area contributed by atoms with Gasteiger partial charge in [-0.05, 0) is 23.8 Å². The van der Waals surface area contributed by atoms with Gasteiger partial charge in [0.05, 0.1) is 24.6 Å². The van der Waals surface area contributed by atoms with E-state index in [-0.39, 0.29) is 12.5 Å². The third-order valence-electron chi connectivity index (χ3n) is 3.54. The Kier molecular flexibility index (Phi) is 4.59. The van der Waals surface area contributed by atoms with Crippen LogP contribution in [-0.4, -0.2) is 22.5 Å². The zero-order chi connectivity index (χ0) is 16.1. The average molecular weight is 311 g/mol. The van der Waals surface area contributed by atoms with E-state index in [2.05, 4.69) is 0 Å². The quantitative estimate of drug-likeness (QED) is 0.759. The van der Waals surface area contributed by atoms with Gasteiger partial charge >= 0.3 is 0 Å². The Morgan fingerprint density at radius 3 is 2.57 bits per heavy atom. The molecule has 0 aliphatic rings. The van der Waals surface area contributed by atoms with Gasteiger partial charge in [0.1, 0.15) is 18.1 Å². The highest BCUT2D eigenvalue weighted by Crippen LogP contribution is 2.18. The van der Waals surface area contributed by atoms with E-state index in [1.165, 1.54) is 18.8 Å². The Bertz CT molecular complexity index is 720. The highest BCUT2D eigenvalue weighted by molar-refractivity contribution is 5.93. The van der Waals surface area contributed by atoms with Crippen LogP contribution >= 0.6 is 0 Å². The van der Waals surface area contributed by atoms with E-state index in [9.17, 15) is 9.90 Å². The van der Waals surface area contributed by atoms with Crippen molar-refractivity contribution < 1.29 is 18.7 Å². The summed E-state index contributed by atoms with van der Waals surface area (Å²) in [4.78, 5) is 14.2. The van der Waals surface area contributed by atoms with Crippen molar-refractivity contribution in [2.24, 2.45) is 0 Å². The van der Waals surface area contributed by atoms with Gasteiger partial charge in [-0.25, -0.2) is 0 Å². The van der Waals surface area contributed by atoms with Gasteiger partial charge in [0.15, 0.2) is 0 Å². The molecular formula is C18H17NO4. The van der Waals surface area contributed by atoms with Crippen LogP contribution < -0.4 is 0 Å². The van der Waals surface area contributed by atoms with Crippen molar-refractivity contribution in [3.8, 4) is 0 Å². The number of carbonyl (C=O) groups excluding carboxylic acids is 1. The number of nitrogens with zero attached hydrogens (tertiary/aromatic N) is 1. The largest absolute Gasteiger partial charge is 0.472 e. The van der Waals surface area contributed by atoms with Crippen LogP contribution in [0.15, 0.2) is 76.2 Å². The molecule has 3 aromatic rings. The Hall–Kier alpha value is -2.79. The maximum atomic E-state index is 12.6. The van der Waals surface area contributed by atoms with Crippen molar-refractivity contribution in [2.45, 2.75) is 12.6 Å². The second kappa shape index (κ2) is 6.98. The van der Waals surface area contributed by atoms with Crippen LogP contribution in [0.25, 0.3) is 0 Å². The lowest BCUT2D eigenvalue weighted by Gasteiger charge is -2.24. The molecule has 5 heteroatoms. The highest BCUT2D eigenvalue weighted by Gasteiger charge is 2.22. The van der Waals surface area contributed by atoms with Crippen molar-refractivity contribution in [3.05, 3.63) is 84.2 Å². The summed E-state index contributed by atoms with van der Waals surface area (Å²) in [6, 6.07) is 14.6. The van der Waals surface area contributed by atoms with Crippen LogP contribution in [0.5, 0.6) is 0 Å². The van der Waals surface area contributed by atoms with Crippen molar-refractivity contribution in [3.63, 3.8) is 0 Å². The van der Waals surface area contributed by atoms with Crippen molar-refractivity contribution in [1.29, 1.82) is 0 Å². The van der Waals surface area contributed by atoms with E-state index in [1.54, 1.807) is 23.1 Å². The topological polar surface area (TPSA) is 66.8 Å². The fourth-order valence-electron chi connectivity index (χ4n) is 2.37. The summed E-state index contributed by atoms with van der Waals surface area (Å²) in [5, 5.41) is 10.3. The zero-order valence-electron chi connectivity index (χ0n) is 12.5. The lowest BCUT2D eigenvalue weighted by molar-refractivity contribution is 0.0562. The number of aliphatic hydroxyl groups is 1. The molecule has 0 bridgehead atoms. The zero-order valence-corrected chi connectivity index (χ0v) is 12.5.